The molecule has 1 aliphatic rings. The Hall–Kier alpha value is -1.11. The van der Waals surface area contributed by atoms with Crippen molar-refractivity contribution in [2.45, 2.75) is 51.1 Å². The lowest BCUT2D eigenvalue weighted by atomic mass is 9.94. The van der Waals surface area contributed by atoms with Gasteiger partial charge in [-0.1, -0.05) is 13.3 Å². The summed E-state index contributed by atoms with van der Waals surface area (Å²) in [6, 6.07) is 1.95. The molecule has 2 heterocycles. The number of likely N-dealkylation sites (tertiary alicyclic amines) is 1. The molecule has 130 valence electrons. The molecule has 1 atom stereocenters. The van der Waals surface area contributed by atoms with E-state index in [1.54, 1.807) is 0 Å². The molecule has 0 radical (unpaired) electrons. The molecule has 0 aliphatic carbocycles. The van der Waals surface area contributed by atoms with E-state index in [4.69, 9.17) is 5.73 Å². The first-order valence-electron chi connectivity index (χ1n) is 7.85. The van der Waals surface area contributed by atoms with E-state index in [1.807, 2.05) is 35.6 Å². The summed E-state index contributed by atoms with van der Waals surface area (Å²) in [6.07, 6.45) is 3.15. The number of thiophene rings is 1. The van der Waals surface area contributed by atoms with Crippen molar-refractivity contribution in [1.29, 1.82) is 0 Å². The van der Waals surface area contributed by atoms with Crippen LogP contribution < -0.4 is 11.1 Å². The average molecular weight is 360 g/mol. The fourth-order valence-electron chi connectivity index (χ4n) is 2.88. The Morgan fingerprint density at radius 3 is 2.61 bits per heavy atom. The van der Waals surface area contributed by atoms with Crippen LogP contribution in [-0.4, -0.2) is 41.4 Å². The second-order valence-electron chi connectivity index (χ2n) is 6.22. The highest BCUT2D eigenvalue weighted by molar-refractivity contribution is 7.08. The minimum Gasteiger partial charge on any atom is -0.349 e. The summed E-state index contributed by atoms with van der Waals surface area (Å²) >= 11 is 1.51. The Bertz CT molecular complexity index is 511. The quantitative estimate of drug-likeness (QED) is 0.847. The lowest BCUT2D eigenvalue weighted by molar-refractivity contribution is -0.137. The second kappa shape index (κ2) is 8.66. The first kappa shape index (κ1) is 19.9. The number of nitrogens with zero attached hydrogens (tertiary/aromatic N) is 1. The smallest absolute Gasteiger partial charge is 0.252 e. The molecule has 2 amide bonds. The summed E-state index contributed by atoms with van der Waals surface area (Å²) in [5.41, 5.74) is 6.05. The van der Waals surface area contributed by atoms with Crippen LogP contribution in [0.25, 0.3) is 0 Å². The van der Waals surface area contributed by atoms with Crippen LogP contribution >= 0.6 is 23.7 Å². The van der Waals surface area contributed by atoms with E-state index < -0.39 is 5.54 Å². The summed E-state index contributed by atoms with van der Waals surface area (Å²) < 4.78 is 0. The summed E-state index contributed by atoms with van der Waals surface area (Å²) in [7, 11) is 0. The molecule has 7 heteroatoms. The van der Waals surface area contributed by atoms with Gasteiger partial charge < -0.3 is 16.0 Å². The van der Waals surface area contributed by atoms with Gasteiger partial charge in [-0.3, -0.25) is 9.59 Å². The van der Waals surface area contributed by atoms with E-state index in [0.717, 1.165) is 19.3 Å². The number of rotatable bonds is 5. The summed E-state index contributed by atoms with van der Waals surface area (Å²) in [6.45, 7) is 5.15. The van der Waals surface area contributed by atoms with Crippen LogP contribution in [0, 0.1) is 0 Å². The van der Waals surface area contributed by atoms with Gasteiger partial charge in [-0.2, -0.15) is 11.3 Å². The van der Waals surface area contributed by atoms with E-state index in [1.165, 1.54) is 11.3 Å². The topological polar surface area (TPSA) is 75.4 Å². The molecule has 1 aromatic rings. The van der Waals surface area contributed by atoms with E-state index in [-0.39, 0.29) is 30.3 Å². The van der Waals surface area contributed by atoms with E-state index in [9.17, 15) is 9.59 Å². The van der Waals surface area contributed by atoms with Crippen molar-refractivity contribution in [3.05, 3.63) is 22.4 Å². The van der Waals surface area contributed by atoms with Crippen molar-refractivity contribution in [2.75, 3.05) is 13.1 Å². The number of hydrogen-bond donors (Lipinski definition) is 2. The SMILES string of the molecule is CCCC(C)(N)C(=O)N1CCC(NC(=O)c2ccsc2)CC1.Cl. The number of carbonyl (C=O) groups excluding carboxylic acids is 2. The molecule has 1 unspecified atom stereocenters. The predicted octanol–water partition coefficient (Wildman–Crippen LogP) is 2.41. The third-order valence-electron chi connectivity index (χ3n) is 4.16. The first-order valence-corrected chi connectivity index (χ1v) is 8.79. The van der Waals surface area contributed by atoms with E-state index in [2.05, 4.69) is 5.32 Å². The average Bonchev–Trinajstić information content (AvgIpc) is 3.01. The lowest BCUT2D eigenvalue weighted by Gasteiger charge is -2.37. The molecule has 2 rings (SSSR count). The molecule has 5 nitrogen and oxygen atoms in total. The molecule has 3 N–H and O–H groups in total. The fraction of sp³-hybridized carbons (Fsp3) is 0.625. The maximum Gasteiger partial charge on any atom is 0.252 e. The molecule has 1 saturated heterocycles. The fourth-order valence-corrected chi connectivity index (χ4v) is 3.51. The monoisotopic (exact) mass is 359 g/mol. The molecular weight excluding hydrogens is 334 g/mol. The van der Waals surface area contributed by atoms with Crippen LogP contribution in [0.1, 0.15) is 49.9 Å². The number of halogens is 1. The molecule has 1 fully saturated rings. The van der Waals surface area contributed by atoms with Crippen molar-refractivity contribution >= 4 is 35.6 Å². The predicted molar refractivity (Wildman–Crippen MR) is 96.1 cm³/mol. The van der Waals surface area contributed by atoms with Crippen LogP contribution in [0.3, 0.4) is 0 Å². The molecule has 0 bridgehead atoms. The Morgan fingerprint density at radius 2 is 2.09 bits per heavy atom. The number of piperidine rings is 1. The molecule has 23 heavy (non-hydrogen) atoms. The minimum atomic E-state index is -0.776. The van der Waals surface area contributed by atoms with Crippen molar-refractivity contribution in [3.8, 4) is 0 Å². The third kappa shape index (κ3) is 5.19. The van der Waals surface area contributed by atoms with Crippen molar-refractivity contribution in [1.82, 2.24) is 10.2 Å². The highest BCUT2D eigenvalue weighted by atomic mass is 35.5. The molecular formula is C16H26ClN3O2S. The summed E-state index contributed by atoms with van der Waals surface area (Å²) in [4.78, 5) is 26.3. The van der Waals surface area contributed by atoms with Crippen LogP contribution in [0.2, 0.25) is 0 Å². The molecule has 1 aromatic heterocycles. The van der Waals surface area contributed by atoms with Crippen LogP contribution in [-0.2, 0) is 4.79 Å². The Morgan fingerprint density at radius 1 is 1.43 bits per heavy atom. The van der Waals surface area contributed by atoms with Crippen LogP contribution in [0.5, 0.6) is 0 Å². The number of amides is 2. The second-order valence-corrected chi connectivity index (χ2v) is 7.00. The van der Waals surface area contributed by atoms with Gasteiger partial charge in [0.1, 0.15) is 0 Å². The van der Waals surface area contributed by atoms with Gasteiger partial charge in [0.15, 0.2) is 0 Å². The maximum absolute atomic E-state index is 12.4. The Balaban J connectivity index is 0.00000264. The highest BCUT2D eigenvalue weighted by Gasteiger charge is 2.34. The molecule has 0 aromatic carbocycles. The highest BCUT2D eigenvalue weighted by Crippen LogP contribution is 2.18. The standard InChI is InChI=1S/C16H25N3O2S.ClH/c1-3-7-16(2,17)15(21)19-8-4-13(5-9-19)18-14(20)12-6-10-22-11-12;/h6,10-11,13H,3-5,7-9,17H2,1-2H3,(H,18,20);1H. The van der Waals surface area contributed by atoms with E-state index in [0.29, 0.717) is 25.1 Å². The van der Waals surface area contributed by atoms with E-state index >= 15 is 0 Å². The van der Waals surface area contributed by atoms with Gasteiger partial charge in [-0.05, 0) is 37.6 Å². The van der Waals surface area contributed by atoms with Crippen molar-refractivity contribution in [3.63, 3.8) is 0 Å². The Kier molecular flexibility index (Phi) is 7.51. The number of carbonyl (C=O) groups is 2. The van der Waals surface area contributed by atoms with Crippen LogP contribution in [0.4, 0.5) is 0 Å². The number of hydrogen-bond acceptors (Lipinski definition) is 4. The lowest BCUT2D eigenvalue weighted by Crippen LogP contribution is -2.56. The number of nitrogens with two attached hydrogens (primary N) is 1. The van der Waals surface area contributed by atoms with Gasteiger partial charge in [0, 0.05) is 30.1 Å². The largest absolute Gasteiger partial charge is 0.349 e. The van der Waals surface area contributed by atoms with Crippen molar-refractivity contribution < 1.29 is 9.59 Å². The van der Waals surface area contributed by atoms with Crippen LogP contribution in [0.15, 0.2) is 16.8 Å². The zero-order chi connectivity index (χ0) is 16.2. The van der Waals surface area contributed by atoms with Gasteiger partial charge >= 0.3 is 0 Å². The normalized spacial score (nSPS) is 18.0. The summed E-state index contributed by atoms with van der Waals surface area (Å²) in [5, 5.41) is 6.78. The first-order chi connectivity index (χ1) is 10.4. The molecule has 1 aliphatic heterocycles. The van der Waals surface area contributed by atoms with Gasteiger partial charge in [-0.25, -0.2) is 0 Å². The zero-order valence-corrected chi connectivity index (χ0v) is 15.3. The van der Waals surface area contributed by atoms with Gasteiger partial charge in [0.05, 0.1) is 5.54 Å². The minimum absolute atomic E-state index is 0. The molecule has 0 saturated carbocycles. The van der Waals surface area contributed by atoms with Gasteiger partial charge in [0.2, 0.25) is 5.91 Å². The third-order valence-corrected chi connectivity index (χ3v) is 4.84. The maximum atomic E-state index is 12.4. The van der Waals surface area contributed by atoms with Gasteiger partial charge in [0.25, 0.3) is 5.91 Å². The number of nitrogens with one attached hydrogen (secondary N) is 1. The van der Waals surface area contributed by atoms with Crippen molar-refractivity contribution in [2.24, 2.45) is 5.73 Å². The zero-order valence-electron chi connectivity index (χ0n) is 13.7. The molecule has 0 spiro atoms. The van der Waals surface area contributed by atoms with Gasteiger partial charge in [-0.15, -0.1) is 12.4 Å². The Labute approximate surface area is 148 Å². The summed E-state index contributed by atoms with van der Waals surface area (Å²) in [5.74, 6) is -0.00219.